The molecule has 0 radical (unpaired) electrons. The third-order valence-corrected chi connectivity index (χ3v) is 3.64. The van der Waals surface area contributed by atoms with Gasteiger partial charge in [0.15, 0.2) is 0 Å². The summed E-state index contributed by atoms with van der Waals surface area (Å²) in [6.07, 6.45) is 3.51. The van der Waals surface area contributed by atoms with Crippen LogP contribution in [0.25, 0.3) is 0 Å². The van der Waals surface area contributed by atoms with Crippen molar-refractivity contribution in [1.82, 2.24) is 15.0 Å². The largest absolute Gasteiger partial charge is 0.294 e. The van der Waals surface area contributed by atoms with Crippen molar-refractivity contribution in [3.8, 4) is 0 Å². The van der Waals surface area contributed by atoms with Gasteiger partial charge in [-0.05, 0) is 32.6 Å². The summed E-state index contributed by atoms with van der Waals surface area (Å²) in [4.78, 5) is 0. The molecule has 0 spiro atoms. The van der Waals surface area contributed by atoms with E-state index in [0.29, 0.717) is 31.5 Å². The molecule has 1 unspecified atom stereocenters. The van der Waals surface area contributed by atoms with Crippen LogP contribution in [0.4, 0.5) is 8.78 Å². The lowest BCUT2D eigenvalue weighted by atomic mass is 9.86. The zero-order chi connectivity index (χ0) is 12.5. The van der Waals surface area contributed by atoms with Gasteiger partial charge in [-0.1, -0.05) is 18.6 Å². The van der Waals surface area contributed by atoms with Crippen LogP contribution in [0, 0.1) is 5.92 Å². The summed E-state index contributed by atoms with van der Waals surface area (Å²) >= 11 is 0. The number of nitrogens with zero attached hydrogens (tertiary/aromatic N) is 3. The van der Waals surface area contributed by atoms with Crippen LogP contribution in [0.5, 0.6) is 0 Å². The lowest BCUT2D eigenvalue weighted by Gasteiger charge is -2.28. The molecule has 1 aliphatic carbocycles. The molecule has 17 heavy (non-hydrogen) atoms. The van der Waals surface area contributed by atoms with Crippen molar-refractivity contribution in [2.24, 2.45) is 5.92 Å². The molecule has 1 heterocycles. The molecule has 0 bridgehead atoms. The van der Waals surface area contributed by atoms with E-state index in [-0.39, 0.29) is 5.69 Å². The molecule has 0 fully saturated rings. The maximum Gasteiger partial charge on any atom is 0.294 e. The predicted molar refractivity (Wildman–Crippen MR) is 60.9 cm³/mol. The Kier molecular flexibility index (Phi) is 3.45. The van der Waals surface area contributed by atoms with Crippen molar-refractivity contribution in [3.05, 3.63) is 11.4 Å². The maximum absolute atomic E-state index is 14.5. The monoisotopic (exact) mass is 243 g/mol. The molecule has 0 saturated carbocycles. The highest BCUT2D eigenvalue weighted by Gasteiger charge is 2.45. The SMILES string of the molecule is CCC1CCCCc2nnn(CC)c2C1(F)F. The van der Waals surface area contributed by atoms with Crippen LogP contribution >= 0.6 is 0 Å². The number of alkyl halides is 2. The molecule has 96 valence electrons. The Labute approximate surface area is 100 Å². The van der Waals surface area contributed by atoms with Gasteiger partial charge in [0.1, 0.15) is 5.69 Å². The standard InChI is InChI=1S/C12H19F2N3/c1-3-9-7-5-6-8-10-11(12(9,13)14)17(4-2)16-15-10/h9H,3-8H2,1-2H3. The van der Waals surface area contributed by atoms with Gasteiger partial charge in [0.05, 0.1) is 5.69 Å². The molecule has 3 nitrogen and oxygen atoms in total. The molecule has 0 aromatic carbocycles. The highest BCUT2D eigenvalue weighted by atomic mass is 19.3. The molecule has 1 aromatic rings. The molecular weight excluding hydrogens is 224 g/mol. The Bertz CT molecular complexity index is 387. The second kappa shape index (κ2) is 4.70. The molecule has 5 heteroatoms. The van der Waals surface area contributed by atoms with Gasteiger partial charge in [-0.25, -0.2) is 4.68 Å². The second-order valence-electron chi connectivity index (χ2n) is 4.67. The minimum absolute atomic E-state index is 0.0616. The van der Waals surface area contributed by atoms with E-state index in [4.69, 9.17) is 0 Å². The topological polar surface area (TPSA) is 30.7 Å². The van der Waals surface area contributed by atoms with E-state index in [9.17, 15) is 8.78 Å². The molecule has 1 aromatic heterocycles. The first-order valence-electron chi connectivity index (χ1n) is 6.41. The van der Waals surface area contributed by atoms with Crippen LogP contribution in [0.15, 0.2) is 0 Å². The molecule has 1 atom stereocenters. The van der Waals surface area contributed by atoms with Crippen LogP contribution in [-0.4, -0.2) is 15.0 Å². The summed E-state index contributed by atoms with van der Waals surface area (Å²) < 4.78 is 30.3. The first kappa shape index (κ1) is 12.5. The Morgan fingerprint density at radius 1 is 1.35 bits per heavy atom. The normalized spacial score (nSPS) is 23.9. The first-order valence-corrected chi connectivity index (χ1v) is 6.41. The van der Waals surface area contributed by atoms with Crippen molar-refractivity contribution >= 4 is 0 Å². The Morgan fingerprint density at radius 2 is 2.12 bits per heavy atom. The number of aromatic nitrogens is 3. The summed E-state index contributed by atoms with van der Waals surface area (Å²) in [7, 11) is 0. The first-order chi connectivity index (χ1) is 8.11. The molecule has 1 aliphatic rings. The zero-order valence-electron chi connectivity index (χ0n) is 10.4. The van der Waals surface area contributed by atoms with Gasteiger partial charge in [0, 0.05) is 12.5 Å². The average Bonchev–Trinajstić information content (AvgIpc) is 2.70. The van der Waals surface area contributed by atoms with Gasteiger partial charge in [0.2, 0.25) is 0 Å². The highest BCUT2D eigenvalue weighted by molar-refractivity contribution is 5.18. The quantitative estimate of drug-likeness (QED) is 0.799. The van der Waals surface area contributed by atoms with Gasteiger partial charge in [0.25, 0.3) is 5.92 Å². The van der Waals surface area contributed by atoms with E-state index in [1.807, 2.05) is 13.8 Å². The minimum atomic E-state index is -2.79. The number of hydrogen-bond donors (Lipinski definition) is 0. The number of fused-ring (bicyclic) bond motifs is 1. The molecule has 0 amide bonds. The molecule has 2 rings (SSSR count). The van der Waals surface area contributed by atoms with Crippen molar-refractivity contribution in [3.63, 3.8) is 0 Å². The summed E-state index contributed by atoms with van der Waals surface area (Å²) in [6, 6.07) is 0. The smallest absolute Gasteiger partial charge is 0.243 e. The highest BCUT2D eigenvalue weighted by Crippen LogP contribution is 2.43. The third-order valence-electron chi connectivity index (χ3n) is 3.64. The average molecular weight is 243 g/mol. The predicted octanol–water partition coefficient (Wildman–Crippen LogP) is 3.14. The van der Waals surface area contributed by atoms with Crippen LogP contribution in [0.1, 0.15) is 50.9 Å². The fourth-order valence-electron chi connectivity index (χ4n) is 2.62. The van der Waals surface area contributed by atoms with E-state index < -0.39 is 11.8 Å². The minimum Gasteiger partial charge on any atom is -0.243 e. The van der Waals surface area contributed by atoms with Crippen LogP contribution in [0.3, 0.4) is 0 Å². The van der Waals surface area contributed by atoms with Crippen molar-refractivity contribution in [2.45, 2.75) is 58.4 Å². The molecular formula is C12H19F2N3. The van der Waals surface area contributed by atoms with Crippen molar-refractivity contribution < 1.29 is 8.78 Å². The molecule has 0 aliphatic heterocycles. The Morgan fingerprint density at radius 3 is 2.76 bits per heavy atom. The fourth-order valence-corrected chi connectivity index (χ4v) is 2.62. The second-order valence-corrected chi connectivity index (χ2v) is 4.67. The summed E-state index contributed by atoms with van der Waals surface area (Å²) in [5.74, 6) is -3.37. The number of halogens is 2. The lowest BCUT2D eigenvalue weighted by Crippen LogP contribution is -2.31. The van der Waals surface area contributed by atoms with Gasteiger partial charge in [-0.15, -0.1) is 5.10 Å². The molecule has 0 saturated heterocycles. The van der Waals surface area contributed by atoms with Gasteiger partial charge in [-0.3, -0.25) is 0 Å². The van der Waals surface area contributed by atoms with E-state index in [0.717, 1.165) is 12.8 Å². The Hall–Kier alpha value is -1.00. The van der Waals surface area contributed by atoms with Crippen LogP contribution < -0.4 is 0 Å². The Balaban J connectivity index is 2.49. The zero-order valence-corrected chi connectivity index (χ0v) is 10.4. The lowest BCUT2D eigenvalue weighted by molar-refractivity contribution is -0.0798. The molecule has 0 N–H and O–H groups in total. The number of rotatable bonds is 2. The van der Waals surface area contributed by atoms with Gasteiger partial charge < -0.3 is 0 Å². The summed E-state index contributed by atoms with van der Waals surface area (Å²) in [5, 5.41) is 7.78. The number of hydrogen-bond acceptors (Lipinski definition) is 2. The third kappa shape index (κ3) is 2.07. The van der Waals surface area contributed by atoms with Crippen molar-refractivity contribution in [1.29, 1.82) is 0 Å². The summed E-state index contributed by atoms with van der Waals surface area (Å²) in [5.41, 5.74) is 0.557. The number of aryl methyl sites for hydroxylation is 2. The van der Waals surface area contributed by atoms with Crippen LogP contribution in [0.2, 0.25) is 0 Å². The van der Waals surface area contributed by atoms with E-state index >= 15 is 0 Å². The summed E-state index contributed by atoms with van der Waals surface area (Å²) in [6.45, 7) is 4.11. The fraction of sp³-hybridized carbons (Fsp3) is 0.833. The van der Waals surface area contributed by atoms with Gasteiger partial charge >= 0.3 is 0 Å². The van der Waals surface area contributed by atoms with E-state index in [1.165, 1.54) is 4.68 Å². The van der Waals surface area contributed by atoms with Crippen LogP contribution in [-0.2, 0) is 18.9 Å². The van der Waals surface area contributed by atoms with Gasteiger partial charge in [-0.2, -0.15) is 8.78 Å². The van der Waals surface area contributed by atoms with E-state index in [1.54, 1.807) is 0 Å². The van der Waals surface area contributed by atoms with E-state index in [2.05, 4.69) is 10.3 Å². The van der Waals surface area contributed by atoms with Crippen molar-refractivity contribution in [2.75, 3.05) is 0 Å². The maximum atomic E-state index is 14.5.